The summed E-state index contributed by atoms with van der Waals surface area (Å²) in [7, 11) is 0. The van der Waals surface area contributed by atoms with E-state index < -0.39 is 17.4 Å². The molecule has 0 saturated carbocycles. The summed E-state index contributed by atoms with van der Waals surface area (Å²) in [6.45, 7) is 9.17. The Balaban J connectivity index is 2.76. The number of carbonyl (C=O) groups excluding carboxylic acids is 1. The minimum absolute atomic E-state index is 0.105. The van der Waals surface area contributed by atoms with Crippen molar-refractivity contribution in [3.63, 3.8) is 0 Å². The van der Waals surface area contributed by atoms with E-state index in [2.05, 4.69) is 26.1 Å². The van der Waals surface area contributed by atoms with Gasteiger partial charge < -0.3 is 15.2 Å². The maximum absolute atomic E-state index is 12.0. The number of nitrogens with one attached hydrogen (secondary N) is 1. The van der Waals surface area contributed by atoms with Crippen molar-refractivity contribution in [3.8, 4) is 5.75 Å². The van der Waals surface area contributed by atoms with Crippen LogP contribution in [0.3, 0.4) is 0 Å². The Morgan fingerprint density at radius 3 is 2.27 bits per heavy atom. The first kappa shape index (κ1) is 18.0. The van der Waals surface area contributed by atoms with Crippen molar-refractivity contribution in [2.75, 3.05) is 6.61 Å². The number of para-hydroxylation sites is 1. The van der Waals surface area contributed by atoms with Crippen molar-refractivity contribution in [3.05, 3.63) is 29.8 Å². The zero-order chi connectivity index (χ0) is 17.0. The minimum Gasteiger partial charge on any atom is -0.483 e. The lowest BCUT2D eigenvalue weighted by Gasteiger charge is -2.25. The summed E-state index contributed by atoms with van der Waals surface area (Å²) < 4.78 is 5.59. The van der Waals surface area contributed by atoms with E-state index in [0.717, 1.165) is 5.56 Å². The van der Waals surface area contributed by atoms with Crippen molar-refractivity contribution in [1.29, 1.82) is 0 Å². The fraction of sp³-hybridized carbons (Fsp3) is 0.529. The summed E-state index contributed by atoms with van der Waals surface area (Å²) in [5, 5.41) is 11.7. The molecule has 1 aromatic carbocycles. The van der Waals surface area contributed by atoms with Crippen LogP contribution >= 0.6 is 0 Å². The Hall–Kier alpha value is -2.04. The van der Waals surface area contributed by atoms with Gasteiger partial charge in [-0.1, -0.05) is 45.9 Å². The third-order valence-corrected chi connectivity index (χ3v) is 3.65. The topological polar surface area (TPSA) is 75.6 Å². The van der Waals surface area contributed by atoms with Crippen molar-refractivity contribution in [2.45, 2.75) is 52.0 Å². The van der Waals surface area contributed by atoms with Crippen LogP contribution < -0.4 is 10.1 Å². The molecule has 0 aliphatic carbocycles. The van der Waals surface area contributed by atoms with Crippen LogP contribution in [0.4, 0.5) is 0 Å². The molecule has 0 bridgehead atoms. The average Bonchev–Trinajstić information content (AvgIpc) is 2.44. The van der Waals surface area contributed by atoms with Gasteiger partial charge in [-0.3, -0.25) is 4.79 Å². The van der Waals surface area contributed by atoms with Crippen LogP contribution in [-0.2, 0) is 15.0 Å². The highest BCUT2D eigenvalue weighted by Crippen LogP contribution is 2.30. The van der Waals surface area contributed by atoms with E-state index in [1.807, 2.05) is 24.3 Å². The van der Waals surface area contributed by atoms with Gasteiger partial charge in [0.05, 0.1) is 0 Å². The van der Waals surface area contributed by atoms with Crippen molar-refractivity contribution >= 4 is 11.9 Å². The average molecular weight is 307 g/mol. The van der Waals surface area contributed by atoms with E-state index in [-0.39, 0.29) is 12.0 Å². The molecular weight excluding hydrogens is 282 g/mol. The van der Waals surface area contributed by atoms with Gasteiger partial charge in [0, 0.05) is 0 Å². The molecule has 0 radical (unpaired) electrons. The normalized spacial score (nSPS) is 14.0. The molecule has 0 aliphatic rings. The maximum Gasteiger partial charge on any atom is 0.329 e. The molecule has 0 saturated heterocycles. The van der Waals surface area contributed by atoms with Crippen LogP contribution in [0, 0.1) is 0 Å². The molecule has 1 amide bonds. The standard InChI is InChI=1S/C17H25NO4/c1-6-17(5,15(20)21)18-14(19)11-22-13-10-8-7-9-12(13)16(2,3)4/h7-10H,6,11H2,1-5H3,(H,18,19)(H,20,21). The molecule has 0 spiro atoms. The van der Waals surface area contributed by atoms with Gasteiger partial charge in [-0.25, -0.2) is 4.79 Å². The number of carboxylic acids is 1. The maximum atomic E-state index is 12.0. The molecule has 0 aromatic heterocycles. The highest BCUT2D eigenvalue weighted by molar-refractivity contribution is 5.87. The predicted octanol–water partition coefficient (Wildman–Crippen LogP) is 2.73. The third kappa shape index (κ3) is 4.48. The Kier molecular flexibility index (Phi) is 5.58. The zero-order valence-corrected chi connectivity index (χ0v) is 13.9. The zero-order valence-electron chi connectivity index (χ0n) is 13.9. The SMILES string of the molecule is CCC(C)(NC(=O)COc1ccccc1C(C)(C)C)C(=O)O. The molecule has 5 heteroatoms. The minimum atomic E-state index is -1.27. The van der Waals surface area contributed by atoms with Crippen molar-refractivity contribution in [2.24, 2.45) is 0 Å². The van der Waals surface area contributed by atoms with Crippen LogP contribution in [-0.4, -0.2) is 29.1 Å². The Morgan fingerprint density at radius 1 is 1.18 bits per heavy atom. The summed E-state index contributed by atoms with van der Waals surface area (Å²) in [5.41, 5.74) is -0.380. The molecule has 1 atom stereocenters. The molecule has 2 N–H and O–H groups in total. The van der Waals surface area contributed by atoms with Crippen molar-refractivity contribution in [1.82, 2.24) is 5.32 Å². The van der Waals surface area contributed by atoms with E-state index in [9.17, 15) is 9.59 Å². The monoisotopic (exact) mass is 307 g/mol. The molecule has 0 aliphatic heterocycles. The second kappa shape index (κ2) is 6.81. The number of rotatable bonds is 6. The highest BCUT2D eigenvalue weighted by atomic mass is 16.5. The summed E-state index contributed by atoms with van der Waals surface area (Å²) in [6, 6.07) is 7.53. The molecular formula is C17H25NO4. The molecule has 1 aromatic rings. The Morgan fingerprint density at radius 2 is 1.77 bits per heavy atom. The van der Waals surface area contributed by atoms with Gasteiger partial charge in [0.2, 0.25) is 0 Å². The number of benzene rings is 1. The van der Waals surface area contributed by atoms with Crippen LogP contribution in [0.5, 0.6) is 5.75 Å². The molecule has 0 fully saturated rings. The van der Waals surface area contributed by atoms with Crippen LogP contribution in [0.15, 0.2) is 24.3 Å². The van der Waals surface area contributed by atoms with E-state index >= 15 is 0 Å². The molecule has 5 nitrogen and oxygen atoms in total. The number of amides is 1. The predicted molar refractivity (Wildman–Crippen MR) is 85.1 cm³/mol. The fourth-order valence-corrected chi connectivity index (χ4v) is 1.99. The van der Waals surface area contributed by atoms with Gasteiger partial charge in [0.1, 0.15) is 11.3 Å². The molecule has 1 rings (SSSR count). The van der Waals surface area contributed by atoms with Crippen molar-refractivity contribution < 1.29 is 19.4 Å². The van der Waals surface area contributed by atoms with Gasteiger partial charge in [0.15, 0.2) is 6.61 Å². The smallest absolute Gasteiger partial charge is 0.329 e. The molecule has 0 heterocycles. The summed E-state index contributed by atoms with van der Waals surface area (Å²) in [5.74, 6) is -0.868. The number of carbonyl (C=O) groups is 2. The molecule has 22 heavy (non-hydrogen) atoms. The lowest BCUT2D eigenvalue weighted by molar-refractivity contribution is -0.147. The molecule has 1 unspecified atom stereocenters. The van der Waals surface area contributed by atoms with Crippen LogP contribution in [0.25, 0.3) is 0 Å². The number of hydrogen-bond acceptors (Lipinski definition) is 3. The number of aliphatic carboxylic acids is 1. The van der Waals surface area contributed by atoms with E-state index in [1.165, 1.54) is 6.92 Å². The van der Waals surface area contributed by atoms with E-state index in [1.54, 1.807) is 6.92 Å². The van der Waals surface area contributed by atoms with Crippen LogP contribution in [0.1, 0.15) is 46.6 Å². The number of carboxylic acid groups (broad SMARTS) is 1. The number of hydrogen-bond donors (Lipinski definition) is 2. The summed E-state index contributed by atoms with van der Waals surface area (Å²) in [6.07, 6.45) is 0.298. The highest BCUT2D eigenvalue weighted by Gasteiger charge is 2.32. The largest absolute Gasteiger partial charge is 0.483 e. The van der Waals surface area contributed by atoms with Gasteiger partial charge in [-0.2, -0.15) is 0 Å². The lowest BCUT2D eigenvalue weighted by atomic mass is 9.86. The number of ether oxygens (including phenoxy) is 1. The van der Waals surface area contributed by atoms with Gasteiger partial charge in [-0.15, -0.1) is 0 Å². The van der Waals surface area contributed by atoms with Gasteiger partial charge in [0.25, 0.3) is 5.91 Å². The van der Waals surface area contributed by atoms with Gasteiger partial charge in [-0.05, 0) is 30.4 Å². The van der Waals surface area contributed by atoms with Crippen LogP contribution in [0.2, 0.25) is 0 Å². The third-order valence-electron chi connectivity index (χ3n) is 3.65. The quantitative estimate of drug-likeness (QED) is 0.847. The first-order valence-corrected chi connectivity index (χ1v) is 7.37. The summed E-state index contributed by atoms with van der Waals surface area (Å²) in [4.78, 5) is 23.1. The summed E-state index contributed by atoms with van der Waals surface area (Å²) >= 11 is 0. The lowest BCUT2D eigenvalue weighted by Crippen LogP contribution is -2.53. The fourth-order valence-electron chi connectivity index (χ4n) is 1.99. The second-order valence-corrected chi connectivity index (χ2v) is 6.57. The van der Waals surface area contributed by atoms with E-state index in [4.69, 9.17) is 9.84 Å². The van der Waals surface area contributed by atoms with Gasteiger partial charge >= 0.3 is 5.97 Å². The second-order valence-electron chi connectivity index (χ2n) is 6.57. The Labute approximate surface area is 131 Å². The van der Waals surface area contributed by atoms with E-state index in [0.29, 0.717) is 12.2 Å². The Bertz CT molecular complexity index is 548. The molecule has 122 valence electrons. The first-order valence-electron chi connectivity index (χ1n) is 7.37. The first-order chi connectivity index (χ1) is 10.1.